The van der Waals surface area contributed by atoms with Crippen molar-refractivity contribution < 1.29 is 23.5 Å². The Bertz CT molecular complexity index is 649. The Hall–Kier alpha value is -2.39. The molecule has 3 amide bonds. The lowest BCUT2D eigenvalue weighted by Gasteiger charge is -2.36. The molecular formula is C19H28N4O5. The van der Waals surface area contributed by atoms with Gasteiger partial charge in [-0.15, -0.1) is 0 Å². The Morgan fingerprint density at radius 2 is 1.64 bits per heavy atom. The molecule has 9 nitrogen and oxygen atoms in total. The largest absolute Gasteiger partial charge is 0.459 e. The van der Waals surface area contributed by atoms with Gasteiger partial charge in [-0.25, -0.2) is 0 Å². The minimum atomic E-state index is -0.273. The second-order valence-electron chi connectivity index (χ2n) is 6.99. The van der Waals surface area contributed by atoms with Crippen molar-refractivity contribution >= 4 is 17.7 Å². The number of ether oxygens (including phenoxy) is 1. The van der Waals surface area contributed by atoms with Gasteiger partial charge in [0.05, 0.1) is 26.0 Å². The SMILES string of the molecule is O=C(NCCCC(=O)N1CCN(C(=O)CN2CCOCC2)CC1)c1ccco1. The molecule has 9 heteroatoms. The lowest BCUT2D eigenvalue weighted by Crippen LogP contribution is -2.53. The van der Waals surface area contributed by atoms with Crippen LogP contribution in [-0.2, 0) is 14.3 Å². The molecule has 0 spiro atoms. The van der Waals surface area contributed by atoms with Crippen LogP contribution in [0.4, 0.5) is 0 Å². The summed E-state index contributed by atoms with van der Waals surface area (Å²) in [4.78, 5) is 42.2. The zero-order chi connectivity index (χ0) is 19.8. The summed E-state index contributed by atoms with van der Waals surface area (Å²) in [5, 5.41) is 2.73. The summed E-state index contributed by atoms with van der Waals surface area (Å²) >= 11 is 0. The number of nitrogens with zero attached hydrogens (tertiary/aromatic N) is 3. The van der Waals surface area contributed by atoms with Crippen LogP contribution < -0.4 is 5.32 Å². The van der Waals surface area contributed by atoms with Gasteiger partial charge in [-0.1, -0.05) is 0 Å². The number of carbonyl (C=O) groups excluding carboxylic acids is 3. The number of morpholine rings is 1. The van der Waals surface area contributed by atoms with Crippen LogP contribution in [0, 0.1) is 0 Å². The zero-order valence-corrected chi connectivity index (χ0v) is 16.1. The van der Waals surface area contributed by atoms with Gasteiger partial charge in [-0.05, 0) is 18.6 Å². The first-order valence-electron chi connectivity index (χ1n) is 9.81. The maximum atomic E-state index is 12.4. The van der Waals surface area contributed by atoms with Crippen LogP contribution in [0.5, 0.6) is 0 Å². The Morgan fingerprint density at radius 3 is 2.29 bits per heavy atom. The van der Waals surface area contributed by atoms with Crippen molar-refractivity contribution in [2.75, 3.05) is 65.6 Å². The molecule has 2 fully saturated rings. The van der Waals surface area contributed by atoms with Crippen LogP contribution in [0.3, 0.4) is 0 Å². The van der Waals surface area contributed by atoms with E-state index in [4.69, 9.17) is 9.15 Å². The molecule has 0 bridgehead atoms. The standard InChI is InChI=1S/C19H28N4O5/c24-17(4-1-5-20-19(26)16-3-2-12-28-16)22-6-8-23(9-7-22)18(25)15-21-10-13-27-14-11-21/h2-3,12H,1,4-11,13-15H2,(H,20,26). The molecule has 2 aliphatic heterocycles. The fraction of sp³-hybridized carbons (Fsp3) is 0.632. The van der Waals surface area contributed by atoms with E-state index in [0.717, 1.165) is 13.1 Å². The molecule has 0 saturated carbocycles. The summed E-state index contributed by atoms with van der Waals surface area (Å²) in [5.74, 6) is 0.177. The number of carbonyl (C=O) groups is 3. The summed E-state index contributed by atoms with van der Waals surface area (Å²) in [6.07, 6.45) is 2.39. The van der Waals surface area contributed by atoms with Crippen molar-refractivity contribution in [3.05, 3.63) is 24.2 Å². The molecule has 28 heavy (non-hydrogen) atoms. The molecule has 0 radical (unpaired) electrons. The summed E-state index contributed by atoms with van der Waals surface area (Å²) in [5.41, 5.74) is 0. The fourth-order valence-corrected chi connectivity index (χ4v) is 3.35. The molecule has 1 N–H and O–H groups in total. The first-order valence-corrected chi connectivity index (χ1v) is 9.81. The van der Waals surface area contributed by atoms with Gasteiger partial charge < -0.3 is 24.3 Å². The Balaban J connectivity index is 1.30. The van der Waals surface area contributed by atoms with Gasteiger partial charge in [0.2, 0.25) is 11.8 Å². The van der Waals surface area contributed by atoms with Crippen LogP contribution in [-0.4, -0.2) is 98.0 Å². The summed E-state index contributed by atoms with van der Waals surface area (Å²) in [6.45, 7) is 6.06. The monoisotopic (exact) mass is 392 g/mol. The second-order valence-corrected chi connectivity index (χ2v) is 6.99. The third-order valence-electron chi connectivity index (χ3n) is 5.05. The van der Waals surface area contributed by atoms with Crippen LogP contribution in [0.2, 0.25) is 0 Å². The van der Waals surface area contributed by atoms with E-state index >= 15 is 0 Å². The molecule has 0 unspecified atom stereocenters. The van der Waals surface area contributed by atoms with Gasteiger partial charge in [0, 0.05) is 52.2 Å². The van der Waals surface area contributed by atoms with E-state index in [1.165, 1.54) is 6.26 Å². The van der Waals surface area contributed by atoms with Gasteiger partial charge in [0.15, 0.2) is 5.76 Å². The minimum Gasteiger partial charge on any atom is -0.459 e. The molecule has 1 aromatic heterocycles. The highest BCUT2D eigenvalue weighted by Gasteiger charge is 2.25. The highest BCUT2D eigenvalue weighted by Crippen LogP contribution is 2.07. The zero-order valence-electron chi connectivity index (χ0n) is 16.1. The average Bonchev–Trinajstić information content (AvgIpc) is 3.27. The fourth-order valence-electron chi connectivity index (χ4n) is 3.35. The summed E-state index contributed by atoms with van der Waals surface area (Å²) in [7, 11) is 0. The van der Waals surface area contributed by atoms with E-state index in [-0.39, 0.29) is 23.5 Å². The van der Waals surface area contributed by atoms with Gasteiger partial charge >= 0.3 is 0 Å². The van der Waals surface area contributed by atoms with E-state index in [0.29, 0.717) is 65.3 Å². The van der Waals surface area contributed by atoms with E-state index in [1.54, 1.807) is 17.0 Å². The minimum absolute atomic E-state index is 0.0625. The average molecular weight is 392 g/mol. The van der Waals surface area contributed by atoms with Crippen LogP contribution >= 0.6 is 0 Å². The first-order chi connectivity index (χ1) is 13.6. The van der Waals surface area contributed by atoms with Gasteiger partial charge in [-0.3, -0.25) is 19.3 Å². The van der Waals surface area contributed by atoms with Crippen molar-refractivity contribution in [1.82, 2.24) is 20.0 Å². The van der Waals surface area contributed by atoms with Crippen LogP contribution in [0.1, 0.15) is 23.4 Å². The van der Waals surface area contributed by atoms with Gasteiger partial charge in [0.1, 0.15) is 0 Å². The normalized spacial score (nSPS) is 18.1. The maximum Gasteiger partial charge on any atom is 0.286 e. The number of piperazine rings is 1. The number of nitrogens with one attached hydrogen (secondary N) is 1. The van der Waals surface area contributed by atoms with Crippen molar-refractivity contribution in [3.63, 3.8) is 0 Å². The van der Waals surface area contributed by atoms with Gasteiger partial charge in [0.25, 0.3) is 5.91 Å². The Kier molecular flexibility index (Phi) is 7.44. The number of hydrogen-bond donors (Lipinski definition) is 1. The summed E-state index contributed by atoms with van der Waals surface area (Å²) < 4.78 is 10.3. The molecule has 0 aromatic carbocycles. The maximum absolute atomic E-state index is 12.4. The predicted octanol–water partition coefficient (Wildman–Crippen LogP) is -0.207. The molecule has 0 atom stereocenters. The molecule has 2 aliphatic rings. The topological polar surface area (TPSA) is 95.3 Å². The molecule has 1 aromatic rings. The first kappa shape index (κ1) is 20.3. The Morgan fingerprint density at radius 1 is 0.964 bits per heavy atom. The Labute approximate surface area is 164 Å². The lowest BCUT2D eigenvalue weighted by molar-refractivity contribution is -0.140. The smallest absolute Gasteiger partial charge is 0.286 e. The van der Waals surface area contributed by atoms with Crippen molar-refractivity contribution in [2.24, 2.45) is 0 Å². The molecule has 0 aliphatic carbocycles. The molecular weight excluding hydrogens is 364 g/mol. The third kappa shape index (κ3) is 5.80. The lowest BCUT2D eigenvalue weighted by atomic mass is 10.2. The van der Waals surface area contributed by atoms with E-state index in [9.17, 15) is 14.4 Å². The van der Waals surface area contributed by atoms with E-state index in [2.05, 4.69) is 10.2 Å². The second kappa shape index (κ2) is 10.2. The van der Waals surface area contributed by atoms with E-state index < -0.39 is 0 Å². The molecule has 154 valence electrons. The quantitative estimate of drug-likeness (QED) is 0.646. The predicted molar refractivity (Wildman–Crippen MR) is 101 cm³/mol. The van der Waals surface area contributed by atoms with Crippen LogP contribution in [0.25, 0.3) is 0 Å². The number of hydrogen-bond acceptors (Lipinski definition) is 6. The van der Waals surface area contributed by atoms with Crippen LogP contribution in [0.15, 0.2) is 22.8 Å². The molecule has 3 rings (SSSR count). The number of furan rings is 1. The van der Waals surface area contributed by atoms with Crippen molar-refractivity contribution in [2.45, 2.75) is 12.8 Å². The van der Waals surface area contributed by atoms with E-state index in [1.807, 2.05) is 4.90 Å². The van der Waals surface area contributed by atoms with Crippen molar-refractivity contribution in [3.8, 4) is 0 Å². The highest BCUT2D eigenvalue weighted by atomic mass is 16.5. The summed E-state index contributed by atoms with van der Waals surface area (Å²) in [6, 6.07) is 3.25. The van der Waals surface area contributed by atoms with Gasteiger partial charge in [-0.2, -0.15) is 0 Å². The molecule has 3 heterocycles. The number of rotatable bonds is 7. The molecule has 2 saturated heterocycles. The number of amides is 3. The van der Waals surface area contributed by atoms with Crippen molar-refractivity contribution in [1.29, 1.82) is 0 Å². The highest BCUT2D eigenvalue weighted by molar-refractivity contribution is 5.91. The third-order valence-corrected chi connectivity index (χ3v) is 5.05.